The Labute approximate surface area is 109 Å². The summed E-state index contributed by atoms with van der Waals surface area (Å²) in [5, 5.41) is 15.3. The van der Waals surface area contributed by atoms with Gasteiger partial charge in [-0.15, -0.1) is 0 Å². The molecular formula is C12H26N2O4. The van der Waals surface area contributed by atoms with Crippen LogP contribution in [0.15, 0.2) is 0 Å². The van der Waals surface area contributed by atoms with Crippen molar-refractivity contribution in [1.82, 2.24) is 10.6 Å². The minimum absolute atomic E-state index is 0.0921. The Balaban J connectivity index is 3.67. The third-order valence-electron chi connectivity index (χ3n) is 2.28. The summed E-state index contributed by atoms with van der Waals surface area (Å²) in [6.07, 6.45) is -0.518. The Hall–Kier alpha value is -0.690. The highest BCUT2D eigenvalue weighted by Gasteiger charge is 2.13. The van der Waals surface area contributed by atoms with Gasteiger partial charge < -0.3 is 25.2 Å². The molecule has 0 aliphatic heterocycles. The molecule has 0 rings (SSSR count). The number of carbonyl (C=O) groups excluding carboxylic acids is 1. The van der Waals surface area contributed by atoms with Gasteiger partial charge in [-0.25, -0.2) is 0 Å². The number of hydrogen-bond donors (Lipinski definition) is 3. The maximum atomic E-state index is 11.6. The first-order chi connectivity index (χ1) is 8.47. The molecule has 1 amide bonds. The molecule has 0 radical (unpaired) electrons. The highest BCUT2D eigenvalue weighted by Crippen LogP contribution is 1.92. The first-order valence-electron chi connectivity index (χ1n) is 6.27. The van der Waals surface area contributed by atoms with Crippen LogP contribution in [0, 0.1) is 0 Å². The molecule has 6 nitrogen and oxygen atoms in total. The molecule has 0 bridgehead atoms. The van der Waals surface area contributed by atoms with Crippen molar-refractivity contribution in [3.63, 3.8) is 0 Å². The van der Waals surface area contributed by atoms with E-state index in [0.29, 0.717) is 19.7 Å². The van der Waals surface area contributed by atoms with E-state index >= 15 is 0 Å². The fourth-order valence-corrected chi connectivity index (χ4v) is 1.20. The second kappa shape index (κ2) is 10.3. The lowest BCUT2D eigenvalue weighted by molar-refractivity contribution is -0.123. The Kier molecular flexibility index (Phi) is 9.86. The quantitative estimate of drug-likeness (QED) is 0.463. The van der Waals surface area contributed by atoms with Gasteiger partial charge in [0.2, 0.25) is 5.91 Å². The van der Waals surface area contributed by atoms with Crippen molar-refractivity contribution < 1.29 is 19.4 Å². The molecule has 2 unspecified atom stereocenters. The van der Waals surface area contributed by atoms with Gasteiger partial charge in [-0.3, -0.25) is 4.79 Å². The molecule has 0 saturated heterocycles. The molecule has 0 heterocycles. The Morgan fingerprint density at radius 1 is 1.33 bits per heavy atom. The van der Waals surface area contributed by atoms with Gasteiger partial charge in [0.05, 0.1) is 31.5 Å². The lowest BCUT2D eigenvalue weighted by Gasteiger charge is -2.18. The van der Waals surface area contributed by atoms with Crippen LogP contribution in [-0.2, 0) is 14.3 Å². The number of methoxy groups -OCH3 is 1. The van der Waals surface area contributed by atoms with Gasteiger partial charge in [0.15, 0.2) is 0 Å². The van der Waals surface area contributed by atoms with Crippen molar-refractivity contribution in [3.8, 4) is 0 Å². The van der Waals surface area contributed by atoms with Crippen molar-refractivity contribution in [1.29, 1.82) is 0 Å². The maximum absolute atomic E-state index is 11.6. The molecule has 0 spiro atoms. The van der Waals surface area contributed by atoms with Crippen molar-refractivity contribution in [2.75, 3.05) is 33.4 Å². The highest BCUT2D eigenvalue weighted by atomic mass is 16.5. The van der Waals surface area contributed by atoms with Crippen LogP contribution in [0.2, 0.25) is 0 Å². The van der Waals surface area contributed by atoms with E-state index < -0.39 is 6.10 Å². The summed E-state index contributed by atoms with van der Waals surface area (Å²) in [5.74, 6) is -0.107. The summed E-state index contributed by atoms with van der Waals surface area (Å²) in [6.45, 7) is 7.13. The fourth-order valence-electron chi connectivity index (χ4n) is 1.20. The summed E-state index contributed by atoms with van der Waals surface area (Å²) < 4.78 is 10.1. The van der Waals surface area contributed by atoms with Crippen LogP contribution in [0.3, 0.4) is 0 Å². The van der Waals surface area contributed by atoms with Gasteiger partial charge in [0.1, 0.15) is 0 Å². The first-order valence-corrected chi connectivity index (χ1v) is 6.27. The fraction of sp³-hybridized carbons (Fsp3) is 0.917. The van der Waals surface area contributed by atoms with Crippen LogP contribution in [0.5, 0.6) is 0 Å². The summed E-state index contributed by atoms with van der Waals surface area (Å²) >= 11 is 0. The van der Waals surface area contributed by atoms with Crippen LogP contribution in [0.1, 0.15) is 20.8 Å². The van der Waals surface area contributed by atoms with Crippen LogP contribution in [0.4, 0.5) is 0 Å². The van der Waals surface area contributed by atoms with Gasteiger partial charge in [0.25, 0.3) is 0 Å². The zero-order chi connectivity index (χ0) is 14.0. The standard InChI is InChI=1S/C12H26N2O4/c1-9(2)18-8-11(15)7-14-10(3)12(16)13-5-6-17-4/h9-11,14-15H,5-8H2,1-4H3,(H,13,16). The van der Waals surface area contributed by atoms with Gasteiger partial charge >= 0.3 is 0 Å². The number of ether oxygens (including phenoxy) is 2. The summed E-state index contributed by atoms with van der Waals surface area (Å²) in [7, 11) is 1.58. The van der Waals surface area contributed by atoms with Crippen molar-refractivity contribution in [2.45, 2.75) is 39.0 Å². The Morgan fingerprint density at radius 2 is 2.00 bits per heavy atom. The normalized spacial score (nSPS) is 14.6. The van der Waals surface area contributed by atoms with E-state index in [0.717, 1.165) is 0 Å². The second-order valence-electron chi connectivity index (χ2n) is 4.45. The molecule has 2 atom stereocenters. The molecule has 0 fully saturated rings. The number of aliphatic hydroxyl groups is 1. The number of aliphatic hydroxyl groups excluding tert-OH is 1. The monoisotopic (exact) mass is 262 g/mol. The maximum Gasteiger partial charge on any atom is 0.236 e. The number of amides is 1. The largest absolute Gasteiger partial charge is 0.389 e. The smallest absolute Gasteiger partial charge is 0.236 e. The van der Waals surface area contributed by atoms with E-state index in [1.807, 2.05) is 13.8 Å². The number of hydrogen-bond acceptors (Lipinski definition) is 5. The molecule has 0 saturated carbocycles. The molecule has 0 aromatic rings. The lowest BCUT2D eigenvalue weighted by Crippen LogP contribution is -2.46. The number of carbonyl (C=O) groups is 1. The van der Waals surface area contributed by atoms with Crippen LogP contribution in [0.25, 0.3) is 0 Å². The first kappa shape index (κ1) is 17.3. The van der Waals surface area contributed by atoms with Crippen LogP contribution >= 0.6 is 0 Å². The average Bonchev–Trinajstić information content (AvgIpc) is 2.33. The second-order valence-corrected chi connectivity index (χ2v) is 4.45. The molecule has 0 aromatic heterocycles. The van der Waals surface area contributed by atoms with Gasteiger partial charge in [0, 0.05) is 20.2 Å². The Bertz CT molecular complexity index is 224. The average molecular weight is 262 g/mol. The van der Waals surface area contributed by atoms with E-state index in [1.54, 1.807) is 14.0 Å². The highest BCUT2D eigenvalue weighted by molar-refractivity contribution is 5.81. The number of rotatable bonds is 10. The molecule has 0 aliphatic rings. The minimum atomic E-state index is -0.610. The van der Waals surface area contributed by atoms with Crippen LogP contribution in [-0.4, -0.2) is 62.7 Å². The molecule has 0 aromatic carbocycles. The molecular weight excluding hydrogens is 236 g/mol. The predicted molar refractivity (Wildman–Crippen MR) is 69.4 cm³/mol. The Morgan fingerprint density at radius 3 is 2.56 bits per heavy atom. The lowest BCUT2D eigenvalue weighted by atomic mass is 10.3. The predicted octanol–water partition coefficient (Wildman–Crippen LogP) is -0.487. The molecule has 18 heavy (non-hydrogen) atoms. The van der Waals surface area contributed by atoms with Crippen molar-refractivity contribution in [3.05, 3.63) is 0 Å². The van der Waals surface area contributed by atoms with E-state index in [9.17, 15) is 9.90 Å². The van der Waals surface area contributed by atoms with E-state index in [1.165, 1.54) is 0 Å². The number of nitrogens with one attached hydrogen (secondary N) is 2. The van der Waals surface area contributed by atoms with E-state index in [-0.39, 0.29) is 24.7 Å². The van der Waals surface area contributed by atoms with Gasteiger partial charge in [-0.05, 0) is 20.8 Å². The summed E-state index contributed by atoms with van der Waals surface area (Å²) in [4.78, 5) is 11.6. The molecule has 108 valence electrons. The van der Waals surface area contributed by atoms with E-state index in [4.69, 9.17) is 9.47 Å². The van der Waals surface area contributed by atoms with Gasteiger partial charge in [-0.1, -0.05) is 0 Å². The third-order valence-corrected chi connectivity index (χ3v) is 2.28. The SMILES string of the molecule is COCCNC(=O)C(C)NCC(O)COC(C)C. The zero-order valence-corrected chi connectivity index (χ0v) is 11.7. The topological polar surface area (TPSA) is 79.8 Å². The van der Waals surface area contributed by atoms with Gasteiger partial charge in [-0.2, -0.15) is 0 Å². The summed E-state index contributed by atoms with van der Waals surface area (Å²) in [5.41, 5.74) is 0. The zero-order valence-electron chi connectivity index (χ0n) is 11.7. The molecule has 6 heteroatoms. The van der Waals surface area contributed by atoms with E-state index in [2.05, 4.69) is 10.6 Å². The van der Waals surface area contributed by atoms with Crippen LogP contribution < -0.4 is 10.6 Å². The minimum Gasteiger partial charge on any atom is -0.389 e. The van der Waals surface area contributed by atoms with Crippen molar-refractivity contribution in [2.24, 2.45) is 0 Å². The molecule has 3 N–H and O–H groups in total. The third kappa shape index (κ3) is 9.35. The van der Waals surface area contributed by atoms with Crippen molar-refractivity contribution >= 4 is 5.91 Å². The molecule has 0 aliphatic carbocycles. The summed E-state index contributed by atoms with van der Waals surface area (Å²) in [6, 6.07) is -0.351.